The van der Waals surface area contributed by atoms with Crippen LogP contribution in [0.4, 0.5) is 0 Å². The van der Waals surface area contributed by atoms with Gasteiger partial charge in [-0.2, -0.15) is 0 Å². The Morgan fingerprint density at radius 3 is 2.86 bits per heavy atom. The summed E-state index contributed by atoms with van der Waals surface area (Å²) in [5, 5.41) is 10.5. The summed E-state index contributed by atoms with van der Waals surface area (Å²) in [5.74, 6) is 1.83. The van der Waals surface area contributed by atoms with Crippen molar-refractivity contribution in [2.75, 3.05) is 18.8 Å². The van der Waals surface area contributed by atoms with E-state index >= 15 is 0 Å². The third-order valence-corrected chi connectivity index (χ3v) is 5.87. The molecule has 2 aliphatic rings. The molecule has 1 aromatic rings. The first-order chi connectivity index (χ1) is 10.7. The number of thioether (sulfide) groups is 1. The van der Waals surface area contributed by atoms with E-state index in [9.17, 15) is 9.90 Å². The number of nitrogens with zero attached hydrogens (tertiary/aromatic N) is 2. The molecule has 1 aromatic heterocycles. The van der Waals surface area contributed by atoms with E-state index in [-0.39, 0.29) is 12.0 Å². The largest absolute Gasteiger partial charge is 0.391 e. The van der Waals surface area contributed by atoms with E-state index in [0.29, 0.717) is 25.1 Å². The summed E-state index contributed by atoms with van der Waals surface area (Å²) < 4.78 is 0. The Bertz CT molecular complexity index is 517. The number of aliphatic hydroxyl groups is 1. The third-order valence-electron chi connectivity index (χ3n) is 4.63. The Hall–Kier alpha value is -1.07. The van der Waals surface area contributed by atoms with Gasteiger partial charge in [0.2, 0.25) is 0 Å². The number of rotatable bonds is 4. The van der Waals surface area contributed by atoms with Crippen LogP contribution in [0.15, 0.2) is 23.4 Å². The van der Waals surface area contributed by atoms with Gasteiger partial charge in [0, 0.05) is 25.0 Å². The Kier molecular flexibility index (Phi) is 5.37. The predicted octanol–water partition coefficient (Wildman–Crippen LogP) is 2.96. The summed E-state index contributed by atoms with van der Waals surface area (Å²) in [6.07, 6.45) is 8.72. The summed E-state index contributed by atoms with van der Waals surface area (Å²) >= 11 is 1.72. The van der Waals surface area contributed by atoms with E-state index in [1.807, 2.05) is 12.1 Å². The number of hydrogen-bond acceptors (Lipinski definition) is 4. The number of aliphatic hydroxyl groups excluding tert-OH is 1. The van der Waals surface area contributed by atoms with Crippen molar-refractivity contribution in [3.05, 3.63) is 23.9 Å². The molecule has 0 bridgehead atoms. The number of aromatic nitrogens is 1. The molecular formula is C17H24N2O2S. The van der Waals surface area contributed by atoms with Crippen LogP contribution in [0.5, 0.6) is 0 Å². The summed E-state index contributed by atoms with van der Waals surface area (Å²) in [5.41, 5.74) is 0.692. The van der Waals surface area contributed by atoms with Crippen LogP contribution in [0.1, 0.15) is 48.9 Å². The molecule has 4 nitrogen and oxygen atoms in total. The maximum absolute atomic E-state index is 12.6. The zero-order valence-electron chi connectivity index (χ0n) is 12.9. The second-order valence-corrected chi connectivity index (χ2v) is 7.37. The highest BCUT2D eigenvalue weighted by Crippen LogP contribution is 2.31. The van der Waals surface area contributed by atoms with Crippen molar-refractivity contribution >= 4 is 17.7 Å². The monoisotopic (exact) mass is 320 g/mol. The molecule has 3 rings (SSSR count). The van der Waals surface area contributed by atoms with Crippen LogP contribution in [0, 0.1) is 5.92 Å². The van der Waals surface area contributed by atoms with Crippen LogP contribution in [-0.4, -0.2) is 45.8 Å². The number of amides is 1. The molecule has 2 heterocycles. The van der Waals surface area contributed by atoms with Crippen molar-refractivity contribution in [3.63, 3.8) is 0 Å². The van der Waals surface area contributed by atoms with Crippen molar-refractivity contribution in [1.29, 1.82) is 0 Å². The Balaban J connectivity index is 1.65. The fourth-order valence-corrected chi connectivity index (χ4v) is 4.49. The fraction of sp³-hybridized carbons (Fsp3) is 0.647. The van der Waals surface area contributed by atoms with Gasteiger partial charge in [0.05, 0.1) is 11.7 Å². The molecule has 1 saturated carbocycles. The fourth-order valence-electron chi connectivity index (χ4n) is 3.32. The first kappa shape index (κ1) is 15.8. The van der Waals surface area contributed by atoms with Crippen molar-refractivity contribution in [2.24, 2.45) is 5.92 Å². The van der Waals surface area contributed by atoms with Gasteiger partial charge in [-0.3, -0.25) is 4.79 Å². The third kappa shape index (κ3) is 3.82. The number of pyridine rings is 1. The number of carbonyl (C=O) groups is 1. The molecule has 1 amide bonds. The molecule has 0 radical (unpaired) electrons. The lowest BCUT2D eigenvalue weighted by Crippen LogP contribution is -2.30. The molecule has 2 fully saturated rings. The molecule has 22 heavy (non-hydrogen) atoms. The van der Waals surface area contributed by atoms with Gasteiger partial charge in [0.15, 0.2) is 0 Å². The predicted molar refractivity (Wildman–Crippen MR) is 88.1 cm³/mol. The van der Waals surface area contributed by atoms with Gasteiger partial charge in [-0.05, 0) is 37.3 Å². The topological polar surface area (TPSA) is 53.4 Å². The van der Waals surface area contributed by atoms with Crippen molar-refractivity contribution in [1.82, 2.24) is 9.88 Å². The molecule has 0 aromatic carbocycles. The summed E-state index contributed by atoms with van der Waals surface area (Å²) in [6.45, 7) is 1.09. The average molecular weight is 320 g/mol. The molecule has 5 heteroatoms. The van der Waals surface area contributed by atoms with Gasteiger partial charge in [-0.25, -0.2) is 4.98 Å². The summed E-state index contributed by atoms with van der Waals surface area (Å²) in [7, 11) is 0. The van der Waals surface area contributed by atoms with Crippen LogP contribution in [0.3, 0.4) is 0 Å². The lowest BCUT2D eigenvalue weighted by Gasteiger charge is -2.21. The molecule has 1 aliphatic carbocycles. The molecule has 1 aliphatic heterocycles. The van der Waals surface area contributed by atoms with E-state index in [2.05, 4.69) is 4.98 Å². The minimum absolute atomic E-state index is 0.00999. The van der Waals surface area contributed by atoms with Gasteiger partial charge >= 0.3 is 0 Å². The van der Waals surface area contributed by atoms with Crippen LogP contribution in [-0.2, 0) is 0 Å². The van der Waals surface area contributed by atoms with Crippen molar-refractivity contribution in [3.8, 4) is 0 Å². The molecule has 120 valence electrons. The average Bonchev–Trinajstić information content (AvgIpc) is 3.00. The maximum atomic E-state index is 12.6. The van der Waals surface area contributed by atoms with E-state index in [1.165, 1.54) is 32.1 Å². The van der Waals surface area contributed by atoms with Crippen molar-refractivity contribution < 1.29 is 9.90 Å². The van der Waals surface area contributed by atoms with Gasteiger partial charge in [-0.15, -0.1) is 11.8 Å². The zero-order valence-corrected chi connectivity index (χ0v) is 13.7. The highest BCUT2D eigenvalue weighted by Gasteiger charge is 2.27. The number of hydrogen-bond donors (Lipinski definition) is 1. The number of β-amino-alcohol motifs (C(OH)–C–C–N with tert-alkyl or cyclic N) is 1. The van der Waals surface area contributed by atoms with Crippen LogP contribution < -0.4 is 0 Å². The van der Waals surface area contributed by atoms with Crippen LogP contribution in [0.25, 0.3) is 0 Å². The molecule has 0 unspecified atom stereocenters. The minimum atomic E-state index is -0.376. The van der Waals surface area contributed by atoms with Gasteiger partial charge in [0.1, 0.15) is 5.03 Å². The Morgan fingerprint density at radius 1 is 1.32 bits per heavy atom. The van der Waals surface area contributed by atoms with Gasteiger partial charge in [-0.1, -0.05) is 19.3 Å². The van der Waals surface area contributed by atoms with Gasteiger partial charge in [0.25, 0.3) is 5.91 Å². The number of likely N-dealkylation sites (tertiary alicyclic amines) is 1. The normalized spacial score (nSPS) is 23.0. The van der Waals surface area contributed by atoms with Crippen LogP contribution >= 0.6 is 11.8 Å². The Morgan fingerprint density at radius 2 is 2.14 bits per heavy atom. The summed E-state index contributed by atoms with van der Waals surface area (Å²) in [4.78, 5) is 18.8. The summed E-state index contributed by atoms with van der Waals surface area (Å²) in [6, 6.07) is 3.69. The second kappa shape index (κ2) is 7.47. The SMILES string of the molecule is O=C(c1cccnc1SCC1CCCCC1)N1CC[C@@H](O)C1. The highest BCUT2D eigenvalue weighted by molar-refractivity contribution is 7.99. The van der Waals surface area contributed by atoms with E-state index in [0.717, 1.165) is 16.7 Å². The lowest BCUT2D eigenvalue weighted by molar-refractivity contribution is 0.0760. The first-order valence-corrected chi connectivity index (χ1v) is 9.28. The van der Waals surface area contributed by atoms with E-state index in [4.69, 9.17) is 0 Å². The lowest BCUT2D eigenvalue weighted by atomic mass is 9.91. The van der Waals surface area contributed by atoms with E-state index in [1.54, 1.807) is 22.9 Å². The Labute approximate surface area is 136 Å². The zero-order chi connectivity index (χ0) is 15.4. The maximum Gasteiger partial charge on any atom is 0.256 e. The molecular weight excluding hydrogens is 296 g/mol. The minimum Gasteiger partial charge on any atom is -0.391 e. The van der Waals surface area contributed by atoms with E-state index < -0.39 is 0 Å². The van der Waals surface area contributed by atoms with Gasteiger partial charge < -0.3 is 10.0 Å². The second-order valence-electron chi connectivity index (χ2n) is 6.36. The number of carbonyl (C=O) groups excluding carboxylic acids is 1. The van der Waals surface area contributed by atoms with Crippen molar-refractivity contribution in [2.45, 2.75) is 49.7 Å². The first-order valence-electron chi connectivity index (χ1n) is 8.29. The molecule has 1 atom stereocenters. The quantitative estimate of drug-likeness (QED) is 0.867. The standard InChI is InChI=1S/C17H24N2O2S/c20-14-8-10-19(11-14)17(21)15-7-4-9-18-16(15)22-12-13-5-2-1-3-6-13/h4,7,9,13-14,20H,1-3,5-6,8,10-12H2/t14-/m1/s1. The smallest absolute Gasteiger partial charge is 0.256 e. The molecule has 0 spiro atoms. The van der Waals surface area contributed by atoms with Crippen LogP contribution in [0.2, 0.25) is 0 Å². The molecule has 1 saturated heterocycles. The molecule has 1 N–H and O–H groups in total. The highest BCUT2D eigenvalue weighted by atomic mass is 32.2.